The number of nitrogens with one attached hydrogen (secondary N) is 1. The molecule has 3 N–H and O–H groups in total. The Hall–Kier alpha value is -0.620. The van der Waals surface area contributed by atoms with Crippen molar-refractivity contribution in [2.24, 2.45) is 5.73 Å². The quantitative estimate of drug-likeness (QED) is 0.642. The minimum atomic E-state index is -3.07. The molecular formula is C8H18N2O3S. The van der Waals surface area contributed by atoms with Crippen LogP contribution in [0.3, 0.4) is 0 Å². The van der Waals surface area contributed by atoms with Crippen molar-refractivity contribution in [1.29, 1.82) is 0 Å². The third-order valence-corrected chi connectivity index (χ3v) is 2.63. The molecule has 0 aliphatic rings. The van der Waals surface area contributed by atoms with Crippen LogP contribution in [0.4, 0.5) is 0 Å². The van der Waals surface area contributed by atoms with Crippen molar-refractivity contribution in [3.05, 3.63) is 0 Å². The molecule has 0 aromatic carbocycles. The Morgan fingerprint density at radius 1 is 1.43 bits per heavy atom. The SMILES string of the molecule is CC(C)(CN)NC(=O)CCS(C)(=O)=O. The summed E-state index contributed by atoms with van der Waals surface area (Å²) in [7, 11) is -3.07. The van der Waals surface area contributed by atoms with Crippen LogP contribution in [0.25, 0.3) is 0 Å². The van der Waals surface area contributed by atoms with Crippen molar-refractivity contribution < 1.29 is 13.2 Å². The highest BCUT2D eigenvalue weighted by Gasteiger charge is 2.18. The first-order chi connectivity index (χ1) is 6.16. The second kappa shape index (κ2) is 4.75. The lowest BCUT2D eigenvalue weighted by Gasteiger charge is -2.24. The largest absolute Gasteiger partial charge is 0.350 e. The van der Waals surface area contributed by atoms with E-state index in [9.17, 15) is 13.2 Å². The fourth-order valence-electron chi connectivity index (χ4n) is 0.769. The van der Waals surface area contributed by atoms with Crippen LogP contribution < -0.4 is 11.1 Å². The van der Waals surface area contributed by atoms with Crippen LogP contribution >= 0.6 is 0 Å². The van der Waals surface area contributed by atoms with Crippen molar-refractivity contribution in [3.63, 3.8) is 0 Å². The molecule has 84 valence electrons. The molecule has 1 amide bonds. The molecule has 0 aromatic rings. The van der Waals surface area contributed by atoms with E-state index in [0.29, 0.717) is 6.54 Å². The molecular weight excluding hydrogens is 204 g/mol. The normalized spacial score (nSPS) is 12.6. The summed E-state index contributed by atoms with van der Waals surface area (Å²) >= 11 is 0. The highest BCUT2D eigenvalue weighted by atomic mass is 32.2. The number of sulfone groups is 1. The average Bonchev–Trinajstić information content (AvgIpc) is 1.99. The van der Waals surface area contributed by atoms with Gasteiger partial charge < -0.3 is 11.1 Å². The van der Waals surface area contributed by atoms with E-state index < -0.39 is 15.4 Å². The van der Waals surface area contributed by atoms with Gasteiger partial charge in [-0.1, -0.05) is 0 Å². The zero-order chi connectivity index (χ0) is 11.4. The van der Waals surface area contributed by atoms with E-state index >= 15 is 0 Å². The van der Waals surface area contributed by atoms with Gasteiger partial charge in [0.25, 0.3) is 0 Å². The maximum atomic E-state index is 11.2. The Labute approximate surface area is 85.0 Å². The van der Waals surface area contributed by atoms with Crippen LogP contribution in [0.15, 0.2) is 0 Å². The second-order valence-corrected chi connectivity index (χ2v) is 6.28. The van der Waals surface area contributed by atoms with Crippen molar-refractivity contribution >= 4 is 15.7 Å². The van der Waals surface area contributed by atoms with Gasteiger partial charge >= 0.3 is 0 Å². The maximum absolute atomic E-state index is 11.2. The zero-order valence-electron chi connectivity index (χ0n) is 8.83. The van der Waals surface area contributed by atoms with Gasteiger partial charge in [0.15, 0.2) is 0 Å². The van der Waals surface area contributed by atoms with E-state index in [4.69, 9.17) is 5.73 Å². The summed E-state index contributed by atoms with van der Waals surface area (Å²) in [4.78, 5) is 11.2. The highest BCUT2D eigenvalue weighted by molar-refractivity contribution is 7.90. The molecule has 0 atom stereocenters. The van der Waals surface area contributed by atoms with Gasteiger partial charge in [0, 0.05) is 24.8 Å². The van der Waals surface area contributed by atoms with Crippen molar-refractivity contribution in [2.75, 3.05) is 18.6 Å². The van der Waals surface area contributed by atoms with Crippen LogP contribution in [-0.2, 0) is 14.6 Å². The number of amides is 1. The predicted octanol–water partition coefficient (Wildman–Crippen LogP) is -0.725. The lowest BCUT2D eigenvalue weighted by atomic mass is 10.1. The van der Waals surface area contributed by atoms with E-state index in [-0.39, 0.29) is 18.1 Å². The summed E-state index contributed by atoms with van der Waals surface area (Å²) in [6, 6.07) is 0. The molecule has 14 heavy (non-hydrogen) atoms. The Kier molecular flexibility index (Phi) is 4.54. The van der Waals surface area contributed by atoms with Crippen molar-refractivity contribution in [1.82, 2.24) is 5.32 Å². The van der Waals surface area contributed by atoms with Gasteiger partial charge in [-0.3, -0.25) is 4.79 Å². The minimum absolute atomic E-state index is 0.0116. The molecule has 0 rings (SSSR count). The monoisotopic (exact) mass is 222 g/mol. The van der Waals surface area contributed by atoms with Crippen LogP contribution in [0.5, 0.6) is 0 Å². The topological polar surface area (TPSA) is 89.3 Å². The average molecular weight is 222 g/mol. The third-order valence-electron chi connectivity index (χ3n) is 1.69. The molecule has 0 unspecified atom stereocenters. The maximum Gasteiger partial charge on any atom is 0.221 e. The highest BCUT2D eigenvalue weighted by Crippen LogP contribution is 1.99. The summed E-state index contributed by atoms with van der Waals surface area (Å²) in [6.07, 6.45) is 1.09. The number of rotatable bonds is 5. The molecule has 5 nitrogen and oxygen atoms in total. The lowest BCUT2D eigenvalue weighted by molar-refractivity contribution is -0.122. The summed E-state index contributed by atoms with van der Waals surface area (Å²) in [6.45, 7) is 3.88. The predicted molar refractivity (Wildman–Crippen MR) is 55.6 cm³/mol. The first-order valence-electron chi connectivity index (χ1n) is 4.35. The number of hydrogen-bond donors (Lipinski definition) is 2. The van der Waals surface area contributed by atoms with Crippen LogP contribution in [-0.4, -0.2) is 38.4 Å². The van der Waals surface area contributed by atoms with Crippen LogP contribution in [0.2, 0.25) is 0 Å². The molecule has 0 aliphatic carbocycles. The van der Waals surface area contributed by atoms with Gasteiger partial charge in [0.2, 0.25) is 5.91 Å². The molecule has 0 saturated heterocycles. The van der Waals surface area contributed by atoms with Gasteiger partial charge in [-0.05, 0) is 13.8 Å². The molecule has 0 aliphatic heterocycles. The summed E-state index contributed by atoms with van der Waals surface area (Å²) in [5, 5.41) is 2.65. The zero-order valence-corrected chi connectivity index (χ0v) is 9.65. The summed E-state index contributed by atoms with van der Waals surface area (Å²) in [5.74, 6) is -0.412. The van der Waals surface area contributed by atoms with E-state index in [1.165, 1.54) is 0 Å². The fourth-order valence-corrected chi connectivity index (χ4v) is 1.33. The molecule has 0 heterocycles. The Bertz CT molecular complexity index is 296. The number of carbonyl (C=O) groups is 1. The third kappa shape index (κ3) is 6.85. The molecule has 0 spiro atoms. The van der Waals surface area contributed by atoms with Crippen LogP contribution in [0, 0.1) is 0 Å². The van der Waals surface area contributed by atoms with E-state index in [2.05, 4.69) is 5.32 Å². The Balaban J connectivity index is 4.01. The smallest absolute Gasteiger partial charge is 0.221 e. The first-order valence-corrected chi connectivity index (χ1v) is 6.41. The first kappa shape index (κ1) is 13.4. The number of hydrogen-bond acceptors (Lipinski definition) is 4. The van der Waals surface area contributed by atoms with Gasteiger partial charge in [-0.15, -0.1) is 0 Å². The number of nitrogens with two attached hydrogens (primary N) is 1. The summed E-state index contributed by atoms with van der Waals surface area (Å²) in [5.41, 5.74) is 4.93. The molecule has 6 heteroatoms. The number of carbonyl (C=O) groups excluding carboxylic acids is 1. The lowest BCUT2D eigenvalue weighted by Crippen LogP contribution is -2.49. The van der Waals surface area contributed by atoms with E-state index in [0.717, 1.165) is 6.26 Å². The van der Waals surface area contributed by atoms with Crippen molar-refractivity contribution in [3.8, 4) is 0 Å². The van der Waals surface area contributed by atoms with Gasteiger partial charge in [0.05, 0.1) is 5.75 Å². The van der Waals surface area contributed by atoms with Gasteiger partial charge in [-0.2, -0.15) is 0 Å². The molecule has 0 aromatic heterocycles. The Morgan fingerprint density at radius 2 is 1.93 bits per heavy atom. The van der Waals surface area contributed by atoms with E-state index in [1.807, 2.05) is 0 Å². The fraction of sp³-hybridized carbons (Fsp3) is 0.875. The molecule has 0 fully saturated rings. The van der Waals surface area contributed by atoms with E-state index in [1.54, 1.807) is 13.8 Å². The molecule has 0 radical (unpaired) electrons. The molecule has 0 bridgehead atoms. The summed E-state index contributed by atoms with van der Waals surface area (Å²) < 4.78 is 21.5. The Morgan fingerprint density at radius 3 is 2.29 bits per heavy atom. The van der Waals surface area contributed by atoms with Crippen LogP contribution in [0.1, 0.15) is 20.3 Å². The molecule has 0 saturated carbocycles. The second-order valence-electron chi connectivity index (χ2n) is 4.02. The minimum Gasteiger partial charge on any atom is -0.350 e. The van der Waals surface area contributed by atoms with Gasteiger partial charge in [0.1, 0.15) is 9.84 Å². The van der Waals surface area contributed by atoms with Gasteiger partial charge in [-0.25, -0.2) is 8.42 Å². The van der Waals surface area contributed by atoms with Crippen molar-refractivity contribution in [2.45, 2.75) is 25.8 Å². The standard InChI is InChI=1S/C8H18N2O3S/c1-8(2,6-9)10-7(11)4-5-14(3,12)13/h4-6,9H2,1-3H3,(H,10,11).